The summed E-state index contributed by atoms with van der Waals surface area (Å²) in [5, 5.41) is 10.4. The summed E-state index contributed by atoms with van der Waals surface area (Å²) in [6, 6.07) is 7.16. The van der Waals surface area contributed by atoms with E-state index in [1.807, 2.05) is 0 Å². The van der Waals surface area contributed by atoms with Crippen molar-refractivity contribution in [3.63, 3.8) is 0 Å². The third-order valence-electron chi connectivity index (χ3n) is 8.01. The SMILES string of the molecule is COCCCN1CCOc2ccc(CO[C@@H]3CC[C@@H](CC(C)(C)C(=O)NC[C@H]4CCCCN4)NC3)cc21. The Labute approximate surface area is 223 Å². The van der Waals surface area contributed by atoms with Crippen LogP contribution in [-0.4, -0.2) is 77.1 Å². The molecule has 2 saturated heterocycles. The number of fused-ring (bicyclic) bond motifs is 1. The van der Waals surface area contributed by atoms with Gasteiger partial charge in [-0.3, -0.25) is 4.79 Å². The van der Waals surface area contributed by atoms with Crippen LogP contribution < -0.4 is 25.6 Å². The predicted octanol–water partition coefficient (Wildman–Crippen LogP) is 3.23. The van der Waals surface area contributed by atoms with Crippen LogP contribution in [0.2, 0.25) is 0 Å². The number of piperidine rings is 2. The topological polar surface area (TPSA) is 84.1 Å². The first-order chi connectivity index (χ1) is 17.9. The Bertz CT molecular complexity index is 850. The molecule has 2 fully saturated rings. The van der Waals surface area contributed by atoms with Gasteiger partial charge < -0.3 is 35.1 Å². The van der Waals surface area contributed by atoms with E-state index >= 15 is 0 Å². The highest BCUT2D eigenvalue weighted by molar-refractivity contribution is 5.81. The summed E-state index contributed by atoms with van der Waals surface area (Å²) in [5.41, 5.74) is 1.94. The van der Waals surface area contributed by atoms with Crippen molar-refractivity contribution in [2.45, 2.75) is 83.6 Å². The molecule has 0 radical (unpaired) electrons. The van der Waals surface area contributed by atoms with Gasteiger partial charge in [0.2, 0.25) is 5.91 Å². The van der Waals surface area contributed by atoms with Crippen LogP contribution in [0.25, 0.3) is 0 Å². The lowest BCUT2D eigenvalue weighted by molar-refractivity contribution is -0.130. The normalized spacial score (nSPS) is 24.3. The second kappa shape index (κ2) is 13.8. The molecular formula is C29H48N4O4. The van der Waals surface area contributed by atoms with Gasteiger partial charge in [-0.2, -0.15) is 0 Å². The summed E-state index contributed by atoms with van der Waals surface area (Å²) in [6.45, 7) is 10.7. The summed E-state index contributed by atoms with van der Waals surface area (Å²) in [5.74, 6) is 1.11. The Balaban J connectivity index is 1.19. The van der Waals surface area contributed by atoms with Crippen LogP contribution in [0.1, 0.15) is 64.4 Å². The average molecular weight is 517 g/mol. The molecule has 0 bridgehead atoms. The molecule has 3 atom stereocenters. The highest BCUT2D eigenvalue weighted by Gasteiger charge is 2.33. The van der Waals surface area contributed by atoms with Gasteiger partial charge in [0.25, 0.3) is 0 Å². The number of benzene rings is 1. The molecule has 3 aliphatic heterocycles. The monoisotopic (exact) mass is 516 g/mol. The highest BCUT2D eigenvalue weighted by atomic mass is 16.5. The fraction of sp³-hybridized carbons (Fsp3) is 0.759. The van der Waals surface area contributed by atoms with E-state index in [-0.39, 0.29) is 17.4 Å². The van der Waals surface area contributed by atoms with E-state index in [2.05, 4.69) is 52.9 Å². The smallest absolute Gasteiger partial charge is 0.225 e. The first-order valence-electron chi connectivity index (χ1n) is 14.3. The van der Waals surface area contributed by atoms with Crippen molar-refractivity contribution in [2.24, 2.45) is 5.41 Å². The second-order valence-corrected chi connectivity index (χ2v) is 11.5. The molecule has 0 saturated carbocycles. The van der Waals surface area contributed by atoms with E-state index in [1.54, 1.807) is 7.11 Å². The van der Waals surface area contributed by atoms with E-state index in [4.69, 9.17) is 14.2 Å². The molecule has 8 heteroatoms. The highest BCUT2D eigenvalue weighted by Crippen LogP contribution is 2.33. The van der Waals surface area contributed by atoms with Gasteiger partial charge in [0.1, 0.15) is 12.4 Å². The minimum absolute atomic E-state index is 0.160. The van der Waals surface area contributed by atoms with Crippen LogP contribution in [0, 0.1) is 5.41 Å². The number of anilines is 1. The molecule has 0 aliphatic carbocycles. The van der Waals surface area contributed by atoms with Crippen molar-refractivity contribution in [1.82, 2.24) is 16.0 Å². The number of carbonyl (C=O) groups is 1. The van der Waals surface area contributed by atoms with E-state index in [0.717, 1.165) is 89.5 Å². The summed E-state index contributed by atoms with van der Waals surface area (Å²) < 4.78 is 17.4. The molecule has 8 nitrogen and oxygen atoms in total. The van der Waals surface area contributed by atoms with Crippen molar-refractivity contribution in [3.8, 4) is 5.75 Å². The Morgan fingerprint density at radius 3 is 2.84 bits per heavy atom. The molecule has 3 N–H and O–H groups in total. The predicted molar refractivity (Wildman–Crippen MR) is 147 cm³/mol. The van der Waals surface area contributed by atoms with E-state index < -0.39 is 0 Å². The van der Waals surface area contributed by atoms with Gasteiger partial charge in [0.05, 0.1) is 24.9 Å². The van der Waals surface area contributed by atoms with Crippen molar-refractivity contribution in [3.05, 3.63) is 23.8 Å². The van der Waals surface area contributed by atoms with Crippen molar-refractivity contribution in [2.75, 3.05) is 57.9 Å². The van der Waals surface area contributed by atoms with Gasteiger partial charge in [0, 0.05) is 50.8 Å². The molecule has 37 heavy (non-hydrogen) atoms. The summed E-state index contributed by atoms with van der Waals surface area (Å²) >= 11 is 0. The molecule has 0 aromatic heterocycles. The van der Waals surface area contributed by atoms with Gasteiger partial charge in [-0.1, -0.05) is 26.3 Å². The maximum atomic E-state index is 12.9. The number of nitrogens with zero attached hydrogens (tertiary/aromatic N) is 1. The Kier molecular flexibility index (Phi) is 10.5. The summed E-state index contributed by atoms with van der Waals surface area (Å²) in [7, 11) is 1.75. The fourth-order valence-corrected chi connectivity index (χ4v) is 5.72. The lowest BCUT2D eigenvalue weighted by Gasteiger charge is -2.35. The van der Waals surface area contributed by atoms with Gasteiger partial charge in [-0.05, 0) is 62.8 Å². The minimum atomic E-state index is -0.389. The van der Waals surface area contributed by atoms with Crippen LogP contribution in [0.15, 0.2) is 18.2 Å². The van der Waals surface area contributed by atoms with E-state index in [9.17, 15) is 4.79 Å². The van der Waals surface area contributed by atoms with Gasteiger partial charge in [-0.25, -0.2) is 0 Å². The molecule has 3 aliphatic rings. The molecule has 208 valence electrons. The first-order valence-corrected chi connectivity index (χ1v) is 14.3. The molecule has 3 heterocycles. The Morgan fingerprint density at radius 2 is 2.08 bits per heavy atom. The van der Waals surface area contributed by atoms with Crippen LogP contribution in [0.5, 0.6) is 5.75 Å². The van der Waals surface area contributed by atoms with Crippen LogP contribution >= 0.6 is 0 Å². The van der Waals surface area contributed by atoms with Gasteiger partial charge >= 0.3 is 0 Å². The molecule has 1 aromatic rings. The number of amides is 1. The molecule has 4 rings (SSSR count). The van der Waals surface area contributed by atoms with Gasteiger partial charge in [-0.15, -0.1) is 0 Å². The standard InChI is InChI=1S/C29H48N4O4/c1-29(2,28(34)32-19-24-7-4-5-12-30-24)18-23-9-10-25(20-31-23)37-21-22-8-11-27-26(17-22)33(14-16-36-27)13-6-15-35-3/h8,11,17,23-25,30-31H,4-7,9-10,12-16,18-21H2,1-3H3,(H,32,34)/t23-,24+,25+/m0/s1. The van der Waals surface area contributed by atoms with Crippen LogP contribution in [-0.2, 0) is 20.9 Å². The summed E-state index contributed by atoms with van der Waals surface area (Å²) in [4.78, 5) is 15.3. The Hall–Kier alpha value is -1.87. The van der Waals surface area contributed by atoms with E-state index in [0.29, 0.717) is 18.7 Å². The first kappa shape index (κ1) is 28.1. The third kappa shape index (κ3) is 8.31. The zero-order valence-electron chi connectivity index (χ0n) is 23.2. The number of rotatable bonds is 12. The zero-order valence-corrected chi connectivity index (χ0v) is 23.2. The minimum Gasteiger partial charge on any atom is -0.490 e. The van der Waals surface area contributed by atoms with Gasteiger partial charge in [0.15, 0.2) is 0 Å². The average Bonchev–Trinajstić information content (AvgIpc) is 2.92. The lowest BCUT2D eigenvalue weighted by atomic mass is 9.82. The Morgan fingerprint density at radius 1 is 1.19 bits per heavy atom. The number of ether oxygens (including phenoxy) is 3. The molecule has 1 aromatic carbocycles. The molecule has 1 amide bonds. The number of nitrogens with one attached hydrogen (secondary N) is 3. The maximum absolute atomic E-state index is 12.9. The quantitative estimate of drug-likeness (QED) is 0.368. The maximum Gasteiger partial charge on any atom is 0.225 e. The second-order valence-electron chi connectivity index (χ2n) is 11.5. The van der Waals surface area contributed by atoms with Crippen LogP contribution in [0.3, 0.4) is 0 Å². The number of carbonyl (C=O) groups excluding carboxylic acids is 1. The molecule has 0 unspecified atom stereocenters. The number of methoxy groups -OCH3 is 1. The number of hydrogen-bond donors (Lipinski definition) is 3. The van der Waals surface area contributed by atoms with E-state index in [1.165, 1.54) is 18.4 Å². The zero-order chi connectivity index (χ0) is 26.1. The third-order valence-corrected chi connectivity index (χ3v) is 8.01. The fourth-order valence-electron chi connectivity index (χ4n) is 5.72. The lowest BCUT2D eigenvalue weighted by Crippen LogP contribution is -2.49. The van der Waals surface area contributed by atoms with Crippen LogP contribution in [0.4, 0.5) is 5.69 Å². The summed E-state index contributed by atoms with van der Waals surface area (Å²) in [6.07, 6.45) is 7.71. The molecule has 0 spiro atoms. The molecular weight excluding hydrogens is 468 g/mol. The van der Waals surface area contributed by atoms with Crippen molar-refractivity contribution < 1.29 is 19.0 Å². The number of hydrogen-bond acceptors (Lipinski definition) is 7. The van der Waals surface area contributed by atoms with Crippen molar-refractivity contribution >= 4 is 11.6 Å². The largest absolute Gasteiger partial charge is 0.490 e. The van der Waals surface area contributed by atoms with Crippen molar-refractivity contribution in [1.29, 1.82) is 0 Å².